The average molecular weight is 287 g/mol. The summed E-state index contributed by atoms with van der Waals surface area (Å²) in [5.74, 6) is 2.21. The maximum absolute atomic E-state index is 6.12. The van der Waals surface area contributed by atoms with Crippen molar-refractivity contribution in [2.75, 3.05) is 12.8 Å². The summed E-state index contributed by atoms with van der Waals surface area (Å²) >= 11 is 0. The lowest BCUT2D eigenvalue weighted by molar-refractivity contribution is 0.386. The molecule has 6 heteroatoms. The molecule has 0 amide bonds. The number of anilines is 1. The molecule has 1 saturated carbocycles. The van der Waals surface area contributed by atoms with E-state index in [9.17, 15) is 0 Å². The first-order valence-corrected chi connectivity index (χ1v) is 7.45. The van der Waals surface area contributed by atoms with E-state index in [2.05, 4.69) is 22.4 Å². The molecule has 2 N–H and O–H groups in total. The number of ether oxygens (including phenoxy) is 1. The van der Waals surface area contributed by atoms with Crippen LogP contribution in [0.25, 0.3) is 11.4 Å². The first-order valence-electron chi connectivity index (χ1n) is 7.45. The van der Waals surface area contributed by atoms with Crippen molar-refractivity contribution in [2.24, 2.45) is 5.92 Å². The highest BCUT2D eigenvalue weighted by atomic mass is 16.5. The van der Waals surface area contributed by atoms with E-state index in [4.69, 9.17) is 10.5 Å². The maximum atomic E-state index is 6.12. The van der Waals surface area contributed by atoms with E-state index in [0.29, 0.717) is 23.3 Å². The molecular weight excluding hydrogens is 266 g/mol. The quantitative estimate of drug-likeness (QED) is 0.826. The largest absolute Gasteiger partial charge is 0.496 e. The minimum atomic E-state index is 0.312. The molecule has 1 aliphatic carbocycles. The summed E-state index contributed by atoms with van der Waals surface area (Å²) in [5.41, 5.74) is 7.53. The SMILES string of the molecule is CCC(CC1CC1)n1nnnc1-c1c(N)cccc1OC. The third-order valence-corrected chi connectivity index (χ3v) is 4.11. The van der Waals surface area contributed by atoms with E-state index in [1.807, 2.05) is 22.9 Å². The topological polar surface area (TPSA) is 78.9 Å². The Kier molecular flexibility index (Phi) is 3.77. The van der Waals surface area contributed by atoms with E-state index < -0.39 is 0 Å². The van der Waals surface area contributed by atoms with Gasteiger partial charge in [0.05, 0.1) is 18.7 Å². The van der Waals surface area contributed by atoms with E-state index in [0.717, 1.165) is 24.3 Å². The lowest BCUT2D eigenvalue weighted by Crippen LogP contribution is -2.13. The van der Waals surface area contributed by atoms with Crippen LogP contribution in [-0.4, -0.2) is 27.3 Å². The van der Waals surface area contributed by atoms with Crippen molar-refractivity contribution in [3.63, 3.8) is 0 Å². The van der Waals surface area contributed by atoms with Gasteiger partial charge in [-0.25, -0.2) is 4.68 Å². The van der Waals surface area contributed by atoms with Gasteiger partial charge in [-0.1, -0.05) is 25.8 Å². The lowest BCUT2D eigenvalue weighted by Gasteiger charge is -2.17. The van der Waals surface area contributed by atoms with Gasteiger partial charge in [0.1, 0.15) is 5.75 Å². The number of rotatable bonds is 6. The van der Waals surface area contributed by atoms with Crippen LogP contribution >= 0.6 is 0 Å². The summed E-state index contributed by atoms with van der Waals surface area (Å²) in [5, 5.41) is 12.3. The summed E-state index contributed by atoms with van der Waals surface area (Å²) < 4.78 is 7.33. The van der Waals surface area contributed by atoms with Gasteiger partial charge in [0.15, 0.2) is 5.82 Å². The molecule has 1 aliphatic rings. The molecule has 112 valence electrons. The Balaban J connectivity index is 2.01. The Morgan fingerprint density at radius 1 is 1.43 bits per heavy atom. The summed E-state index contributed by atoms with van der Waals surface area (Å²) in [7, 11) is 1.63. The highest BCUT2D eigenvalue weighted by Crippen LogP contribution is 2.40. The number of hydrogen-bond donors (Lipinski definition) is 1. The molecule has 21 heavy (non-hydrogen) atoms. The maximum Gasteiger partial charge on any atom is 0.188 e. The second-order valence-corrected chi connectivity index (χ2v) is 5.61. The molecule has 1 fully saturated rings. The summed E-state index contributed by atoms with van der Waals surface area (Å²) in [6, 6.07) is 5.91. The van der Waals surface area contributed by atoms with Crippen LogP contribution in [0.5, 0.6) is 5.75 Å². The summed E-state index contributed by atoms with van der Waals surface area (Å²) in [6.07, 6.45) is 4.78. The molecule has 1 unspecified atom stereocenters. The fraction of sp³-hybridized carbons (Fsp3) is 0.533. The van der Waals surface area contributed by atoms with Gasteiger partial charge in [-0.15, -0.1) is 5.10 Å². The Morgan fingerprint density at radius 2 is 2.24 bits per heavy atom. The zero-order chi connectivity index (χ0) is 14.8. The number of hydrogen-bond acceptors (Lipinski definition) is 5. The number of methoxy groups -OCH3 is 1. The van der Waals surface area contributed by atoms with Crippen LogP contribution in [-0.2, 0) is 0 Å². The normalized spacial score (nSPS) is 15.9. The highest BCUT2D eigenvalue weighted by Gasteiger charge is 2.28. The average Bonchev–Trinajstić information content (AvgIpc) is 3.20. The van der Waals surface area contributed by atoms with Gasteiger partial charge in [0.2, 0.25) is 0 Å². The fourth-order valence-electron chi connectivity index (χ4n) is 2.74. The van der Waals surface area contributed by atoms with Crippen molar-refractivity contribution in [1.29, 1.82) is 0 Å². The van der Waals surface area contributed by atoms with Gasteiger partial charge in [0, 0.05) is 5.69 Å². The van der Waals surface area contributed by atoms with Crippen molar-refractivity contribution >= 4 is 5.69 Å². The van der Waals surface area contributed by atoms with Crippen molar-refractivity contribution < 1.29 is 4.74 Å². The number of benzene rings is 1. The summed E-state index contributed by atoms with van der Waals surface area (Å²) in [6.45, 7) is 2.17. The fourth-order valence-corrected chi connectivity index (χ4v) is 2.74. The van der Waals surface area contributed by atoms with Crippen LogP contribution in [0.15, 0.2) is 18.2 Å². The number of nitrogen functional groups attached to an aromatic ring is 1. The predicted molar refractivity (Wildman–Crippen MR) is 80.9 cm³/mol. The van der Waals surface area contributed by atoms with Gasteiger partial charge in [0.25, 0.3) is 0 Å². The first-order chi connectivity index (χ1) is 10.2. The third kappa shape index (κ3) is 2.70. The summed E-state index contributed by atoms with van der Waals surface area (Å²) in [4.78, 5) is 0. The van der Waals surface area contributed by atoms with Gasteiger partial charge in [-0.3, -0.25) is 0 Å². The van der Waals surface area contributed by atoms with Crippen molar-refractivity contribution in [2.45, 2.75) is 38.6 Å². The van der Waals surface area contributed by atoms with E-state index in [-0.39, 0.29) is 0 Å². The minimum absolute atomic E-state index is 0.312. The number of nitrogens with two attached hydrogens (primary N) is 1. The van der Waals surface area contributed by atoms with Gasteiger partial charge < -0.3 is 10.5 Å². The first kappa shape index (κ1) is 13.9. The molecule has 3 rings (SSSR count). The van der Waals surface area contributed by atoms with Gasteiger partial charge in [-0.2, -0.15) is 0 Å². The van der Waals surface area contributed by atoms with Crippen LogP contribution in [0.4, 0.5) is 5.69 Å². The molecule has 1 heterocycles. The van der Waals surface area contributed by atoms with E-state index >= 15 is 0 Å². The monoisotopic (exact) mass is 287 g/mol. The van der Waals surface area contributed by atoms with Crippen LogP contribution in [0.2, 0.25) is 0 Å². The molecule has 0 bridgehead atoms. The molecule has 0 aliphatic heterocycles. The predicted octanol–water partition coefficient (Wildman–Crippen LogP) is 2.68. The van der Waals surface area contributed by atoms with E-state index in [1.165, 1.54) is 12.8 Å². The van der Waals surface area contributed by atoms with Gasteiger partial charge >= 0.3 is 0 Å². The molecule has 6 nitrogen and oxygen atoms in total. The Bertz CT molecular complexity index is 620. The van der Waals surface area contributed by atoms with Crippen LogP contribution in [0.1, 0.15) is 38.6 Å². The molecule has 1 atom stereocenters. The standard InChI is InChI=1S/C15H21N5O/c1-3-11(9-10-7-8-10)20-15(17-18-19-20)14-12(16)5-4-6-13(14)21-2/h4-6,10-11H,3,7-9,16H2,1-2H3. The molecule has 0 radical (unpaired) electrons. The van der Waals surface area contributed by atoms with Gasteiger partial charge in [-0.05, 0) is 41.3 Å². The van der Waals surface area contributed by atoms with Crippen molar-refractivity contribution in [3.05, 3.63) is 18.2 Å². The Labute approximate surface area is 124 Å². The minimum Gasteiger partial charge on any atom is -0.496 e. The molecule has 1 aromatic carbocycles. The molecule has 0 saturated heterocycles. The molecular formula is C15H21N5O. The number of nitrogens with zero attached hydrogens (tertiary/aromatic N) is 4. The zero-order valence-electron chi connectivity index (χ0n) is 12.5. The molecule has 0 spiro atoms. The highest BCUT2D eigenvalue weighted by molar-refractivity contribution is 5.77. The zero-order valence-corrected chi connectivity index (χ0v) is 12.5. The lowest BCUT2D eigenvalue weighted by atomic mass is 10.1. The van der Waals surface area contributed by atoms with Crippen LogP contribution in [0, 0.1) is 5.92 Å². The van der Waals surface area contributed by atoms with Crippen molar-refractivity contribution in [3.8, 4) is 17.1 Å². The molecule has 2 aromatic rings. The second-order valence-electron chi connectivity index (χ2n) is 5.61. The van der Waals surface area contributed by atoms with Crippen molar-refractivity contribution in [1.82, 2.24) is 20.2 Å². The number of aromatic nitrogens is 4. The van der Waals surface area contributed by atoms with E-state index in [1.54, 1.807) is 7.11 Å². The Hall–Kier alpha value is -2.11. The number of tetrazole rings is 1. The third-order valence-electron chi connectivity index (χ3n) is 4.11. The van der Waals surface area contributed by atoms with Crippen LogP contribution < -0.4 is 10.5 Å². The molecule has 1 aromatic heterocycles. The smallest absolute Gasteiger partial charge is 0.188 e. The van der Waals surface area contributed by atoms with Crippen LogP contribution in [0.3, 0.4) is 0 Å². The Morgan fingerprint density at radius 3 is 2.90 bits per heavy atom. The second kappa shape index (κ2) is 5.71.